The molecular weight excluding hydrogens is 204 g/mol. The van der Waals surface area contributed by atoms with Crippen molar-refractivity contribution in [2.24, 2.45) is 0 Å². The van der Waals surface area contributed by atoms with Crippen molar-refractivity contribution in [1.82, 2.24) is 10.2 Å². The van der Waals surface area contributed by atoms with Crippen molar-refractivity contribution in [3.63, 3.8) is 0 Å². The number of hydrogen-bond donors (Lipinski definition) is 1. The summed E-state index contributed by atoms with van der Waals surface area (Å²) in [6, 6.07) is 13.8. The van der Waals surface area contributed by atoms with Crippen molar-refractivity contribution in [3.8, 4) is 11.5 Å². The average molecular weight is 212 g/mol. The summed E-state index contributed by atoms with van der Waals surface area (Å²) in [5.74, 6) is -0.223. The fraction of sp³-hybridized carbons (Fsp3) is 0. The summed E-state index contributed by atoms with van der Waals surface area (Å²) < 4.78 is 4.90. The summed E-state index contributed by atoms with van der Waals surface area (Å²) in [5.41, 5.74) is 0.789. The molecule has 1 aromatic heterocycles. The molecule has 0 aliphatic rings. The Kier molecular flexibility index (Phi) is 1.86. The van der Waals surface area contributed by atoms with Crippen LogP contribution in [0.1, 0.15) is 0 Å². The fourth-order valence-corrected chi connectivity index (χ4v) is 1.68. The monoisotopic (exact) mass is 212 g/mol. The van der Waals surface area contributed by atoms with Crippen molar-refractivity contribution in [1.29, 1.82) is 0 Å². The third-order valence-electron chi connectivity index (χ3n) is 2.43. The van der Waals surface area contributed by atoms with Gasteiger partial charge in [-0.25, -0.2) is 9.89 Å². The van der Waals surface area contributed by atoms with Crippen molar-refractivity contribution in [2.45, 2.75) is 0 Å². The van der Waals surface area contributed by atoms with Crippen molar-refractivity contribution in [2.75, 3.05) is 0 Å². The quantitative estimate of drug-likeness (QED) is 0.672. The second kappa shape index (κ2) is 3.34. The average Bonchev–Trinajstić information content (AvgIpc) is 2.75. The molecule has 1 heterocycles. The predicted octanol–water partition coefficient (Wildman–Crippen LogP) is 2.18. The van der Waals surface area contributed by atoms with Crippen molar-refractivity contribution >= 4 is 10.8 Å². The second-order valence-electron chi connectivity index (χ2n) is 3.48. The van der Waals surface area contributed by atoms with Crippen LogP contribution in [0.3, 0.4) is 0 Å². The maximum absolute atomic E-state index is 10.8. The van der Waals surface area contributed by atoms with Gasteiger partial charge in [0.1, 0.15) is 0 Å². The van der Waals surface area contributed by atoms with Gasteiger partial charge in [0.15, 0.2) is 0 Å². The van der Waals surface area contributed by atoms with E-state index >= 15 is 0 Å². The molecule has 4 heteroatoms. The molecule has 0 aliphatic carbocycles. The molecule has 0 saturated heterocycles. The minimum Gasteiger partial charge on any atom is -0.388 e. The lowest BCUT2D eigenvalue weighted by molar-refractivity contribution is 0.527. The lowest BCUT2D eigenvalue weighted by Crippen LogP contribution is -1.93. The number of nitrogens with zero attached hydrogens (tertiary/aromatic N) is 1. The molecule has 1 N–H and O–H groups in total. The van der Waals surface area contributed by atoms with Crippen molar-refractivity contribution < 1.29 is 4.42 Å². The van der Waals surface area contributed by atoms with Crippen LogP contribution in [0.2, 0.25) is 0 Å². The van der Waals surface area contributed by atoms with Crippen molar-refractivity contribution in [3.05, 3.63) is 53.0 Å². The zero-order chi connectivity index (χ0) is 11.0. The highest BCUT2D eigenvalue weighted by Crippen LogP contribution is 2.21. The van der Waals surface area contributed by atoms with E-state index in [2.05, 4.69) is 10.2 Å². The first-order chi connectivity index (χ1) is 7.83. The van der Waals surface area contributed by atoms with Gasteiger partial charge in [-0.2, -0.15) is 0 Å². The molecule has 0 radical (unpaired) electrons. The molecule has 0 bridgehead atoms. The smallest absolute Gasteiger partial charge is 0.388 e. The Morgan fingerprint density at radius 3 is 2.62 bits per heavy atom. The molecule has 3 rings (SSSR count). The number of fused-ring (bicyclic) bond motifs is 1. The van der Waals surface area contributed by atoms with Gasteiger partial charge in [-0.3, -0.25) is 0 Å². The van der Waals surface area contributed by atoms with Gasteiger partial charge in [0.25, 0.3) is 0 Å². The number of hydrogen-bond acceptors (Lipinski definition) is 3. The molecular formula is C12H8N2O2. The van der Waals surface area contributed by atoms with Crippen LogP contribution < -0.4 is 5.76 Å². The summed E-state index contributed by atoms with van der Waals surface area (Å²) in [6.45, 7) is 0. The Morgan fingerprint density at radius 2 is 1.88 bits per heavy atom. The highest BCUT2D eigenvalue weighted by atomic mass is 16.4. The Bertz CT molecular complexity index is 697. The van der Waals surface area contributed by atoms with E-state index in [-0.39, 0.29) is 0 Å². The number of aromatic nitrogens is 2. The molecule has 3 aromatic rings. The van der Waals surface area contributed by atoms with E-state index in [1.165, 1.54) is 0 Å². The molecule has 4 nitrogen and oxygen atoms in total. The largest absolute Gasteiger partial charge is 0.434 e. The standard InChI is InChI=1S/C12H8N2O2/c15-12-14-13-11(16-12)10-6-5-8-3-1-2-4-9(8)7-10/h1-7H,(H,14,15). The van der Waals surface area contributed by atoms with Crippen LogP contribution in [0.25, 0.3) is 22.2 Å². The van der Waals surface area contributed by atoms with E-state index in [4.69, 9.17) is 4.42 Å². The number of benzene rings is 2. The molecule has 0 saturated carbocycles. The van der Waals surface area contributed by atoms with Crippen LogP contribution in [0.15, 0.2) is 51.7 Å². The Labute approximate surface area is 90.5 Å². The molecule has 16 heavy (non-hydrogen) atoms. The maximum atomic E-state index is 10.8. The lowest BCUT2D eigenvalue weighted by atomic mass is 10.1. The normalized spacial score (nSPS) is 10.8. The van der Waals surface area contributed by atoms with Gasteiger partial charge in [-0.15, -0.1) is 5.10 Å². The molecule has 78 valence electrons. The zero-order valence-electron chi connectivity index (χ0n) is 8.31. The Balaban J connectivity index is 2.22. The summed E-state index contributed by atoms with van der Waals surface area (Å²) in [4.78, 5) is 10.8. The SMILES string of the molecule is O=c1[nH]nc(-c2ccc3ccccc3c2)o1. The molecule has 0 atom stereocenters. The van der Waals surface area contributed by atoms with Gasteiger partial charge in [0, 0.05) is 5.56 Å². The summed E-state index contributed by atoms with van der Waals surface area (Å²) in [5, 5.41) is 8.26. The van der Waals surface area contributed by atoms with Crippen LogP contribution in [-0.2, 0) is 0 Å². The highest BCUT2D eigenvalue weighted by Gasteiger charge is 2.05. The topological polar surface area (TPSA) is 58.9 Å². The lowest BCUT2D eigenvalue weighted by Gasteiger charge is -1.98. The molecule has 0 amide bonds. The van der Waals surface area contributed by atoms with E-state index in [0.717, 1.165) is 16.3 Å². The number of H-pyrrole nitrogens is 1. The molecule has 0 aliphatic heterocycles. The maximum Gasteiger partial charge on any atom is 0.434 e. The molecule has 0 fully saturated rings. The van der Waals surface area contributed by atoms with Crippen LogP contribution in [0.4, 0.5) is 0 Å². The minimum atomic E-state index is -0.539. The number of nitrogens with one attached hydrogen (secondary N) is 1. The van der Waals surface area contributed by atoms with Crippen LogP contribution >= 0.6 is 0 Å². The van der Waals surface area contributed by atoms with E-state index < -0.39 is 5.76 Å². The molecule has 2 aromatic carbocycles. The summed E-state index contributed by atoms with van der Waals surface area (Å²) in [7, 11) is 0. The van der Waals surface area contributed by atoms with E-state index in [1.54, 1.807) is 0 Å². The number of aromatic amines is 1. The predicted molar refractivity (Wildman–Crippen MR) is 60.1 cm³/mol. The third kappa shape index (κ3) is 1.40. The third-order valence-corrected chi connectivity index (χ3v) is 2.43. The molecule has 0 spiro atoms. The summed E-state index contributed by atoms with van der Waals surface area (Å²) >= 11 is 0. The highest BCUT2D eigenvalue weighted by molar-refractivity contribution is 5.86. The second-order valence-corrected chi connectivity index (χ2v) is 3.48. The fourth-order valence-electron chi connectivity index (χ4n) is 1.68. The van der Waals surface area contributed by atoms with Crippen LogP contribution in [-0.4, -0.2) is 10.2 Å². The van der Waals surface area contributed by atoms with Gasteiger partial charge in [0.05, 0.1) is 0 Å². The van der Waals surface area contributed by atoms with Gasteiger partial charge in [0.2, 0.25) is 5.89 Å². The van der Waals surface area contributed by atoms with Gasteiger partial charge in [-0.05, 0) is 22.9 Å². The Hall–Kier alpha value is -2.36. The van der Waals surface area contributed by atoms with E-state index in [9.17, 15) is 4.79 Å². The minimum absolute atomic E-state index is 0.316. The van der Waals surface area contributed by atoms with E-state index in [0.29, 0.717) is 5.89 Å². The number of rotatable bonds is 1. The summed E-state index contributed by atoms with van der Waals surface area (Å²) in [6.07, 6.45) is 0. The van der Waals surface area contributed by atoms with E-state index in [1.807, 2.05) is 42.5 Å². The molecule has 0 unspecified atom stereocenters. The van der Waals surface area contributed by atoms with Gasteiger partial charge < -0.3 is 4.42 Å². The zero-order valence-corrected chi connectivity index (χ0v) is 8.31. The first kappa shape index (κ1) is 8.91. The first-order valence-electron chi connectivity index (χ1n) is 4.87. The Morgan fingerprint density at radius 1 is 1.06 bits per heavy atom. The van der Waals surface area contributed by atoms with Crippen LogP contribution in [0.5, 0.6) is 0 Å². The first-order valence-corrected chi connectivity index (χ1v) is 4.87. The van der Waals surface area contributed by atoms with Gasteiger partial charge in [-0.1, -0.05) is 30.3 Å². The van der Waals surface area contributed by atoms with Crippen LogP contribution in [0, 0.1) is 0 Å². The van der Waals surface area contributed by atoms with Gasteiger partial charge >= 0.3 is 5.76 Å².